The Morgan fingerprint density at radius 1 is 1.16 bits per heavy atom. The van der Waals surface area contributed by atoms with Crippen LogP contribution in [0.15, 0.2) is 54.7 Å². The van der Waals surface area contributed by atoms with Gasteiger partial charge in [-0.05, 0) is 49.4 Å². The maximum absolute atomic E-state index is 12.9. The van der Waals surface area contributed by atoms with Crippen molar-refractivity contribution in [3.05, 3.63) is 71.0 Å². The molecular formula is C24H26ClN5O2. The summed E-state index contributed by atoms with van der Waals surface area (Å²) in [6, 6.07) is 14.6. The number of rotatable bonds is 7. The second-order valence-corrected chi connectivity index (χ2v) is 7.98. The first-order valence-electron chi connectivity index (χ1n) is 10.6. The standard InChI is InChI=1S/C24H26ClN5O2/c1-17-19(6-8-23(28-17)27-10-11-30-12-14-32-15-13-30)24(31)29-18-5-7-21(25)20(16-18)22-4-2-3-9-26-22/h2-9,16H,10-15H2,1H3,(H,27,28)(H,29,31). The fourth-order valence-corrected chi connectivity index (χ4v) is 3.80. The van der Waals surface area contributed by atoms with E-state index in [2.05, 4.69) is 25.5 Å². The van der Waals surface area contributed by atoms with Gasteiger partial charge in [-0.25, -0.2) is 4.98 Å². The molecule has 0 saturated carbocycles. The second kappa shape index (κ2) is 10.5. The molecule has 1 amide bonds. The zero-order valence-electron chi connectivity index (χ0n) is 18.0. The Morgan fingerprint density at radius 3 is 2.75 bits per heavy atom. The second-order valence-electron chi connectivity index (χ2n) is 7.57. The number of aromatic nitrogens is 2. The van der Waals surface area contributed by atoms with Crippen LogP contribution in [0.3, 0.4) is 0 Å². The predicted molar refractivity (Wildman–Crippen MR) is 127 cm³/mol. The molecule has 0 bridgehead atoms. The van der Waals surface area contributed by atoms with Crippen LogP contribution in [-0.4, -0.2) is 60.2 Å². The molecule has 0 radical (unpaired) electrons. The molecule has 1 aromatic carbocycles. The average Bonchev–Trinajstić information content (AvgIpc) is 2.81. The van der Waals surface area contributed by atoms with E-state index >= 15 is 0 Å². The van der Waals surface area contributed by atoms with Gasteiger partial charge in [0, 0.05) is 43.6 Å². The van der Waals surface area contributed by atoms with Crippen molar-refractivity contribution in [1.82, 2.24) is 14.9 Å². The number of amides is 1. The van der Waals surface area contributed by atoms with E-state index < -0.39 is 0 Å². The molecule has 1 fully saturated rings. The minimum absolute atomic E-state index is 0.218. The van der Waals surface area contributed by atoms with Crippen LogP contribution in [0.5, 0.6) is 0 Å². The number of hydrogen-bond donors (Lipinski definition) is 2. The normalized spacial score (nSPS) is 14.2. The summed E-state index contributed by atoms with van der Waals surface area (Å²) in [5.74, 6) is 0.542. The lowest BCUT2D eigenvalue weighted by Gasteiger charge is -2.26. The molecule has 0 atom stereocenters. The van der Waals surface area contributed by atoms with Gasteiger partial charge in [0.15, 0.2) is 0 Å². The number of hydrogen-bond acceptors (Lipinski definition) is 6. The number of aryl methyl sites for hydroxylation is 1. The molecule has 0 unspecified atom stereocenters. The van der Waals surface area contributed by atoms with Crippen LogP contribution in [0.1, 0.15) is 16.1 Å². The molecular weight excluding hydrogens is 426 g/mol. The number of ether oxygens (including phenoxy) is 1. The fraction of sp³-hybridized carbons (Fsp3) is 0.292. The van der Waals surface area contributed by atoms with Crippen LogP contribution in [0.4, 0.5) is 11.5 Å². The monoisotopic (exact) mass is 451 g/mol. The van der Waals surface area contributed by atoms with Crippen molar-refractivity contribution in [2.45, 2.75) is 6.92 Å². The highest BCUT2D eigenvalue weighted by molar-refractivity contribution is 6.33. The van der Waals surface area contributed by atoms with Crippen LogP contribution < -0.4 is 10.6 Å². The lowest BCUT2D eigenvalue weighted by atomic mass is 10.1. The van der Waals surface area contributed by atoms with E-state index in [0.29, 0.717) is 22.0 Å². The van der Waals surface area contributed by atoms with Crippen LogP contribution >= 0.6 is 11.6 Å². The summed E-state index contributed by atoms with van der Waals surface area (Å²) >= 11 is 6.34. The Kier molecular flexibility index (Phi) is 7.32. The van der Waals surface area contributed by atoms with Crippen molar-refractivity contribution in [2.24, 2.45) is 0 Å². The molecule has 3 aromatic rings. The van der Waals surface area contributed by atoms with E-state index in [0.717, 1.165) is 56.5 Å². The largest absolute Gasteiger partial charge is 0.379 e. The molecule has 32 heavy (non-hydrogen) atoms. The van der Waals surface area contributed by atoms with Crippen molar-refractivity contribution >= 4 is 29.0 Å². The zero-order valence-corrected chi connectivity index (χ0v) is 18.7. The van der Waals surface area contributed by atoms with Crippen molar-refractivity contribution < 1.29 is 9.53 Å². The maximum atomic E-state index is 12.9. The Labute approximate surface area is 192 Å². The number of benzene rings is 1. The topological polar surface area (TPSA) is 79.4 Å². The first kappa shape index (κ1) is 22.2. The zero-order chi connectivity index (χ0) is 22.3. The third-order valence-corrected chi connectivity index (χ3v) is 5.66. The number of morpholine rings is 1. The summed E-state index contributed by atoms with van der Waals surface area (Å²) in [4.78, 5) is 24.1. The summed E-state index contributed by atoms with van der Waals surface area (Å²) in [6.07, 6.45) is 1.71. The van der Waals surface area contributed by atoms with Crippen molar-refractivity contribution in [2.75, 3.05) is 50.0 Å². The van der Waals surface area contributed by atoms with E-state index in [-0.39, 0.29) is 5.91 Å². The van der Waals surface area contributed by atoms with E-state index in [1.165, 1.54) is 0 Å². The molecule has 4 rings (SSSR count). The number of pyridine rings is 2. The maximum Gasteiger partial charge on any atom is 0.257 e. The molecule has 8 heteroatoms. The van der Waals surface area contributed by atoms with E-state index in [9.17, 15) is 4.79 Å². The summed E-state index contributed by atoms with van der Waals surface area (Å²) in [5, 5.41) is 6.85. The molecule has 3 heterocycles. The highest BCUT2D eigenvalue weighted by atomic mass is 35.5. The number of carbonyl (C=O) groups is 1. The molecule has 2 aromatic heterocycles. The molecule has 1 saturated heterocycles. The number of carbonyl (C=O) groups excluding carboxylic acids is 1. The average molecular weight is 452 g/mol. The minimum Gasteiger partial charge on any atom is -0.379 e. The van der Waals surface area contributed by atoms with Crippen LogP contribution in [0, 0.1) is 6.92 Å². The van der Waals surface area contributed by atoms with Crippen molar-refractivity contribution in [1.29, 1.82) is 0 Å². The molecule has 1 aliphatic rings. The van der Waals surface area contributed by atoms with Gasteiger partial charge in [0.05, 0.1) is 35.2 Å². The quantitative estimate of drug-likeness (QED) is 0.563. The van der Waals surface area contributed by atoms with Crippen LogP contribution in [-0.2, 0) is 4.74 Å². The van der Waals surface area contributed by atoms with Gasteiger partial charge in [0.25, 0.3) is 5.91 Å². The first-order valence-corrected chi connectivity index (χ1v) is 11.0. The predicted octanol–water partition coefficient (Wildman–Crippen LogP) is 4.10. The Hall–Kier alpha value is -3.00. The number of nitrogens with zero attached hydrogens (tertiary/aromatic N) is 3. The summed E-state index contributed by atoms with van der Waals surface area (Å²) in [7, 11) is 0. The van der Waals surface area contributed by atoms with Gasteiger partial charge in [-0.1, -0.05) is 17.7 Å². The fourth-order valence-electron chi connectivity index (χ4n) is 3.59. The molecule has 7 nitrogen and oxygen atoms in total. The first-order chi connectivity index (χ1) is 15.6. The highest BCUT2D eigenvalue weighted by Gasteiger charge is 2.14. The molecule has 2 N–H and O–H groups in total. The highest BCUT2D eigenvalue weighted by Crippen LogP contribution is 2.29. The lowest BCUT2D eigenvalue weighted by Crippen LogP contribution is -2.39. The Bertz CT molecular complexity index is 1070. The lowest BCUT2D eigenvalue weighted by molar-refractivity contribution is 0.0398. The van der Waals surface area contributed by atoms with Crippen LogP contribution in [0.2, 0.25) is 5.02 Å². The summed E-state index contributed by atoms with van der Waals surface area (Å²) in [6.45, 7) is 7.06. The Balaban J connectivity index is 1.39. The third kappa shape index (κ3) is 5.62. The summed E-state index contributed by atoms with van der Waals surface area (Å²) in [5.41, 5.74) is 3.35. The molecule has 1 aliphatic heterocycles. The van der Waals surface area contributed by atoms with Gasteiger partial charge >= 0.3 is 0 Å². The smallest absolute Gasteiger partial charge is 0.257 e. The van der Waals surface area contributed by atoms with Crippen molar-refractivity contribution in [3.8, 4) is 11.3 Å². The molecule has 0 aliphatic carbocycles. The molecule has 0 spiro atoms. The van der Waals surface area contributed by atoms with E-state index in [1.807, 2.05) is 37.3 Å². The minimum atomic E-state index is -0.218. The molecule has 166 valence electrons. The van der Waals surface area contributed by atoms with Crippen LogP contribution in [0.25, 0.3) is 11.3 Å². The number of nitrogens with one attached hydrogen (secondary N) is 2. The number of anilines is 2. The van der Waals surface area contributed by atoms with Gasteiger partial charge in [-0.15, -0.1) is 0 Å². The third-order valence-electron chi connectivity index (χ3n) is 5.33. The van der Waals surface area contributed by atoms with Gasteiger partial charge < -0.3 is 15.4 Å². The van der Waals surface area contributed by atoms with E-state index in [1.54, 1.807) is 24.4 Å². The SMILES string of the molecule is Cc1nc(NCCN2CCOCC2)ccc1C(=O)Nc1ccc(Cl)c(-c2ccccn2)c1. The van der Waals surface area contributed by atoms with Gasteiger partial charge in [-0.3, -0.25) is 14.7 Å². The number of halogens is 1. The summed E-state index contributed by atoms with van der Waals surface area (Å²) < 4.78 is 5.37. The van der Waals surface area contributed by atoms with Gasteiger partial charge in [0.2, 0.25) is 0 Å². The van der Waals surface area contributed by atoms with Gasteiger partial charge in [-0.2, -0.15) is 0 Å². The Morgan fingerprint density at radius 2 is 2.00 bits per heavy atom. The van der Waals surface area contributed by atoms with E-state index in [4.69, 9.17) is 16.3 Å². The van der Waals surface area contributed by atoms with Gasteiger partial charge in [0.1, 0.15) is 5.82 Å². The van der Waals surface area contributed by atoms with Crippen molar-refractivity contribution in [3.63, 3.8) is 0 Å².